The summed E-state index contributed by atoms with van der Waals surface area (Å²) in [7, 11) is 1.77. The summed E-state index contributed by atoms with van der Waals surface area (Å²) in [6.07, 6.45) is 17.4. The van der Waals surface area contributed by atoms with E-state index in [1.54, 1.807) is 18.8 Å². The average Bonchev–Trinajstić information content (AvgIpc) is 2.51. The molecule has 0 heterocycles. The van der Waals surface area contributed by atoms with Crippen LogP contribution in [0.1, 0.15) is 33.6 Å². The van der Waals surface area contributed by atoms with E-state index in [0.717, 1.165) is 17.0 Å². The first-order chi connectivity index (χ1) is 9.96. The van der Waals surface area contributed by atoms with Crippen LogP contribution in [0, 0.1) is 17.8 Å². The molecule has 0 amide bonds. The Hall–Kier alpha value is -1.53. The fraction of sp³-hybridized carbons (Fsp3) is 0.444. The van der Waals surface area contributed by atoms with Crippen molar-refractivity contribution in [3.63, 3.8) is 0 Å². The molecule has 0 aliphatic heterocycles. The molecule has 0 saturated heterocycles. The molecular formula is C18H26N2S. The first kappa shape index (κ1) is 19.5. The molecule has 1 atom stereocenters. The van der Waals surface area contributed by atoms with Crippen molar-refractivity contribution in [2.24, 2.45) is 15.4 Å². The summed E-state index contributed by atoms with van der Waals surface area (Å²) in [6, 6.07) is 0. The van der Waals surface area contributed by atoms with Gasteiger partial charge in [-0.2, -0.15) is 0 Å². The lowest BCUT2D eigenvalue weighted by atomic mass is 9.85. The van der Waals surface area contributed by atoms with E-state index in [0.29, 0.717) is 6.42 Å². The quantitative estimate of drug-likeness (QED) is 0.355. The van der Waals surface area contributed by atoms with E-state index in [-0.39, 0.29) is 5.41 Å². The van der Waals surface area contributed by atoms with E-state index in [2.05, 4.69) is 35.6 Å². The molecule has 0 aromatic carbocycles. The highest BCUT2D eigenvalue weighted by Crippen LogP contribution is 2.31. The van der Waals surface area contributed by atoms with E-state index in [1.165, 1.54) is 5.57 Å². The average molecular weight is 302 g/mol. The minimum absolute atomic E-state index is 0.369. The third-order valence-corrected chi connectivity index (χ3v) is 4.09. The van der Waals surface area contributed by atoms with Crippen molar-refractivity contribution in [3.8, 4) is 12.3 Å². The van der Waals surface area contributed by atoms with Crippen LogP contribution < -0.4 is 0 Å². The molecule has 1 unspecified atom stereocenters. The highest BCUT2D eigenvalue weighted by molar-refractivity contribution is 8.02. The predicted octanol–water partition coefficient (Wildman–Crippen LogP) is 4.90. The Morgan fingerprint density at radius 2 is 2.14 bits per heavy atom. The third-order valence-electron chi connectivity index (χ3n) is 3.25. The Labute approximate surface area is 134 Å². The lowest BCUT2D eigenvalue weighted by Crippen LogP contribution is -2.11. The summed E-state index contributed by atoms with van der Waals surface area (Å²) in [5, 5.41) is 0. The molecule has 0 fully saturated rings. The molecule has 0 radical (unpaired) electrons. The van der Waals surface area contributed by atoms with Crippen molar-refractivity contribution in [1.82, 2.24) is 0 Å². The van der Waals surface area contributed by atoms with Gasteiger partial charge in [0.15, 0.2) is 0 Å². The van der Waals surface area contributed by atoms with Gasteiger partial charge in [0.1, 0.15) is 0 Å². The topological polar surface area (TPSA) is 24.7 Å². The van der Waals surface area contributed by atoms with Crippen LogP contribution in [-0.2, 0) is 0 Å². The van der Waals surface area contributed by atoms with Gasteiger partial charge in [-0.15, -0.1) is 18.2 Å². The van der Waals surface area contributed by atoms with Crippen molar-refractivity contribution < 1.29 is 0 Å². The van der Waals surface area contributed by atoms with Crippen LogP contribution >= 0.6 is 11.8 Å². The van der Waals surface area contributed by atoms with Gasteiger partial charge in [0, 0.05) is 24.6 Å². The van der Waals surface area contributed by atoms with Crippen molar-refractivity contribution >= 4 is 24.7 Å². The fourth-order valence-electron chi connectivity index (χ4n) is 1.72. The third kappa shape index (κ3) is 7.15. The van der Waals surface area contributed by atoms with Crippen LogP contribution in [-0.4, -0.2) is 26.2 Å². The number of hydrogen-bond acceptors (Lipinski definition) is 3. The molecule has 0 bridgehead atoms. The molecule has 0 rings (SSSR count). The van der Waals surface area contributed by atoms with Crippen LogP contribution in [0.15, 0.2) is 44.4 Å². The second kappa shape index (κ2) is 10.2. The zero-order chi connectivity index (χ0) is 16.3. The van der Waals surface area contributed by atoms with E-state index in [9.17, 15) is 0 Å². The number of nitrogens with zero attached hydrogens (tertiary/aromatic N) is 2. The summed E-state index contributed by atoms with van der Waals surface area (Å²) in [6.45, 7) is 9.84. The van der Waals surface area contributed by atoms with Crippen molar-refractivity contribution in [2.75, 3.05) is 13.3 Å². The second-order valence-electron chi connectivity index (χ2n) is 4.95. The SMILES string of the molecule is C#CC(C)(/C=C\C=C(\C=NC)CC)C/C(N=C)=C(\C)SC. The van der Waals surface area contributed by atoms with Gasteiger partial charge in [-0.25, -0.2) is 0 Å². The highest BCUT2D eigenvalue weighted by Gasteiger charge is 2.20. The Morgan fingerprint density at radius 3 is 2.57 bits per heavy atom. The fourth-order valence-corrected chi connectivity index (χ4v) is 2.09. The van der Waals surface area contributed by atoms with Crippen LogP contribution in [0.4, 0.5) is 0 Å². The number of aliphatic imine (C=N–C) groups is 2. The Kier molecular flexibility index (Phi) is 9.49. The molecule has 0 N–H and O–H groups in total. The van der Waals surface area contributed by atoms with Gasteiger partial charge >= 0.3 is 0 Å². The maximum Gasteiger partial charge on any atom is 0.0521 e. The van der Waals surface area contributed by atoms with E-state index < -0.39 is 0 Å². The lowest BCUT2D eigenvalue weighted by molar-refractivity contribution is 0.566. The number of terminal acetylenes is 1. The largest absolute Gasteiger partial charge is 0.296 e. The molecular weight excluding hydrogens is 276 g/mol. The van der Waals surface area contributed by atoms with Gasteiger partial charge in [0.25, 0.3) is 0 Å². The Bertz CT molecular complexity index is 504. The zero-order valence-electron chi connectivity index (χ0n) is 13.8. The van der Waals surface area contributed by atoms with Crippen LogP contribution in [0.25, 0.3) is 0 Å². The predicted molar refractivity (Wildman–Crippen MR) is 99.3 cm³/mol. The monoisotopic (exact) mass is 302 g/mol. The molecule has 0 spiro atoms. The number of thioether (sulfide) groups is 1. The first-order valence-corrected chi connectivity index (χ1v) is 8.17. The minimum atomic E-state index is -0.369. The minimum Gasteiger partial charge on any atom is -0.296 e. The molecule has 0 aliphatic carbocycles. The first-order valence-electron chi connectivity index (χ1n) is 6.95. The maximum absolute atomic E-state index is 5.72. The standard InChI is InChI=1S/C18H26N2S/c1-8-16(14-19-5)11-10-12-18(4,9-2)13-17(20-6)15(3)21-7/h2,10-12,14H,6,8,13H2,1,3-5,7H3/b12-10-,16-11+,17-15-,19-14?. The summed E-state index contributed by atoms with van der Waals surface area (Å²) in [5.41, 5.74) is 1.76. The van der Waals surface area contributed by atoms with Crippen molar-refractivity contribution in [2.45, 2.75) is 33.6 Å². The molecule has 0 aromatic heterocycles. The summed E-state index contributed by atoms with van der Waals surface area (Å²) >= 11 is 1.67. The molecule has 0 aromatic rings. The van der Waals surface area contributed by atoms with Gasteiger partial charge in [0.2, 0.25) is 0 Å². The lowest BCUT2D eigenvalue weighted by Gasteiger charge is -2.20. The van der Waals surface area contributed by atoms with Crippen LogP contribution in [0.5, 0.6) is 0 Å². The van der Waals surface area contributed by atoms with Crippen molar-refractivity contribution in [3.05, 3.63) is 34.4 Å². The summed E-state index contributed by atoms with van der Waals surface area (Å²) in [5.74, 6) is 2.87. The van der Waals surface area contributed by atoms with Gasteiger partial charge < -0.3 is 0 Å². The number of rotatable bonds is 8. The molecule has 114 valence electrons. The highest BCUT2D eigenvalue weighted by atomic mass is 32.2. The van der Waals surface area contributed by atoms with E-state index in [1.807, 2.05) is 38.5 Å². The Morgan fingerprint density at radius 1 is 1.48 bits per heavy atom. The normalized spacial score (nSPS) is 16.7. The molecule has 21 heavy (non-hydrogen) atoms. The molecule has 0 saturated carbocycles. The van der Waals surface area contributed by atoms with E-state index >= 15 is 0 Å². The maximum atomic E-state index is 5.72. The second-order valence-corrected chi connectivity index (χ2v) is 5.97. The van der Waals surface area contributed by atoms with Gasteiger partial charge in [-0.3, -0.25) is 9.98 Å². The van der Waals surface area contributed by atoms with Gasteiger partial charge in [-0.05, 0) is 38.8 Å². The zero-order valence-corrected chi connectivity index (χ0v) is 14.6. The molecule has 2 nitrogen and oxygen atoms in total. The molecule has 3 heteroatoms. The summed E-state index contributed by atoms with van der Waals surface area (Å²) in [4.78, 5) is 9.32. The number of hydrogen-bond donors (Lipinski definition) is 0. The van der Waals surface area contributed by atoms with Gasteiger partial charge in [0.05, 0.1) is 11.1 Å². The van der Waals surface area contributed by atoms with Crippen molar-refractivity contribution in [1.29, 1.82) is 0 Å². The smallest absolute Gasteiger partial charge is 0.0521 e. The molecule has 0 aliphatic rings. The number of allylic oxidation sites excluding steroid dienone is 6. The Balaban J connectivity index is 5.23. The van der Waals surface area contributed by atoms with Gasteiger partial charge in [-0.1, -0.05) is 31.1 Å². The summed E-state index contributed by atoms with van der Waals surface area (Å²) < 4.78 is 0. The van der Waals surface area contributed by atoms with E-state index in [4.69, 9.17) is 6.42 Å². The van der Waals surface area contributed by atoms with Crippen LogP contribution in [0.2, 0.25) is 0 Å². The van der Waals surface area contributed by atoms with Crippen LogP contribution in [0.3, 0.4) is 0 Å².